The van der Waals surface area contributed by atoms with Crippen LogP contribution in [0, 0.1) is 6.92 Å². The summed E-state index contributed by atoms with van der Waals surface area (Å²) in [6, 6.07) is 8.77. The van der Waals surface area contributed by atoms with E-state index in [0.717, 1.165) is 16.0 Å². The molecule has 0 N–H and O–H groups in total. The summed E-state index contributed by atoms with van der Waals surface area (Å²) in [5.41, 5.74) is 2.24. The Balaban J connectivity index is 1.59. The molecule has 0 fully saturated rings. The topological polar surface area (TPSA) is 25.8 Å². The minimum absolute atomic E-state index is 1.11. The Labute approximate surface area is 160 Å². The van der Waals surface area contributed by atoms with Crippen LogP contribution in [0.15, 0.2) is 28.6 Å². The second-order valence-electron chi connectivity index (χ2n) is 6.40. The predicted molar refractivity (Wildman–Crippen MR) is 115 cm³/mol. The maximum Gasteiger partial charge on any atom is 0.151 e. The van der Waals surface area contributed by atoms with Crippen LogP contribution in [0.25, 0.3) is 31.2 Å². The van der Waals surface area contributed by atoms with Crippen LogP contribution in [0.3, 0.4) is 0 Å². The molecule has 25 heavy (non-hydrogen) atoms. The SMILES string of the molecule is CCCCCCCSc1nc2ccc3c(ccc4nc(C)sc43)c2s1. The van der Waals surface area contributed by atoms with E-state index in [0.29, 0.717) is 0 Å². The number of thioether (sulfide) groups is 1. The molecule has 0 saturated carbocycles. The average molecular weight is 387 g/mol. The number of benzene rings is 2. The lowest BCUT2D eigenvalue weighted by Gasteiger charge is -1.99. The van der Waals surface area contributed by atoms with Crippen molar-refractivity contribution in [3.8, 4) is 0 Å². The van der Waals surface area contributed by atoms with E-state index in [2.05, 4.69) is 43.1 Å². The van der Waals surface area contributed by atoms with Crippen LogP contribution in [0.1, 0.15) is 44.0 Å². The summed E-state index contributed by atoms with van der Waals surface area (Å²) >= 11 is 5.55. The molecule has 2 aromatic carbocycles. The van der Waals surface area contributed by atoms with Crippen molar-refractivity contribution in [2.24, 2.45) is 0 Å². The first-order valence-corrected chi connectivity index (χ1v) is 11.6. The number of thiazole rings is 2. The van der Waals surface area contributed by atoms with Crippen LogP contribution in [0.4, 0.5) is 0 Å². The van der Waals surface area contributed by atoms with E-state index in [1.54, 1.807) is 11.3 Å². The first kappa shape index (κ1) is 17.3. The molecular formula is C20H22N2S3. The Morgan fingerprint density at radius 1 is 0.840 bits per heavy atom. The van der Waals surface area contributed by atoms with Crippen molar-refractivity contribution in [1.82, 2.24) is 9.97 Å². The minimum Gasteiger partial charge on any atom is -0.241 e. The van der Waals surface area contributed by atoms with Crippen LogP contribution in [0.5, 0.6) is 0 Å². The summed E-state index contributed by atoms with van der Waals surface area (Å²) in [6.07, 6.45) is 6.68. The largest absolute Gasteiger partial charge is 0.241 e. The third kappa shape index (κ3) is 3.55. The number of hydrogen-bond donors (Lipinski definition) is 0. The molecule has 4 rings (SSSR count). The highest BCUT2D eigenvalue weighted by molar-refractivity contribution is 8.01. The van der Waals surface area contributed by atoms with E-state index in [9.17, 15) is 0 Å². The summed E-state index contributed by atoms with van der Waals surface area (Å²) < 4.78 is 3.83. The molecule has 4 aromatic rings. The normalized spacial score (nSPS) is 11.9. The van der Waals surface area contributed by atoms with Gasteiger partial charge in [0.1, 0.15) is 0 Å². The predicted octanol–water partition coefficient (Wildman–Crippen LogP) is 7.43. The van der Waals surface area contributed by atoms with E-state index in [1.807, 2.05) is 23.1 Å². The standard InChI is InChI=1S/C20H22N2S3/c1-3-4-5-6-7-12-23-20-22-17-11-9-14-15(19(17)25-20)8-10-16-18(14)24-13(2)21-16/h8-11H,3-7,12H2,1-2H3. The average Bonchev–Trinajstić information content (AvgIpc) is 3.19. The number of fused-ring (bicyclic) bond motifs is 5. The number of hydrogen-bond acceptors (Lipinski definition) is 5. The highest BCUT2D eigenvalue weighted by Gasteiger charge is 2.11. The van der Waals surface area contributed by atoms with Gasteiger partial charge >= 0.3 is 0 Å². The van der Waals surface area contributed by atoms with Crippen molar-refractivity contribution in [2.75, 3.05) is 5.75 Å². The minimum atomic E-state index is 1.11. The Hall–Kier alpha value is -1.17. The molecule has 0 aliphatic heterocycles. The number of unbranched alkanes of at least 4 members (excludes halogenated alkanes) is 4. The zero-order chi connectivity index (χ0) is 17.2. The van der Waals surface area contributed by atoms with Gasteiger partial charge in [0.25, 0.3) is 0 Å². The summed E-state index contributed by atoms with van der Waals surface area (Å²) in [5.74, 6) is 1.18. The van der Waals surface area contributed by atoms with Gasteiger partial charge in [-0.1, -0.05) is 56.5 Å². The van der Waals surface area contributed by atoms with Crippen LogP contribution >= 0.6 is 34.4 Å². The third-order valence-corrected chi connectivity index (χ3v) is 7.82. The van der Waals surface area contributed by atoms with Crippen LogP contribution in [0.2, 0.25) is 0 Å². The maximum absolute atomic E-state index is 4.85. The summed E-state index contributed by atoms with van der Waals surface area (Å²) in [7, 11) is 0. The van der Waals surface area contributed by atoms with Crippen molar-refractivity contribution in [3.05, 3.63) is 29.3 Å². The first-order chi connectivity index (χ1) is 12.3. The molecule has 0 atom stereocenters. The highest BCUT2D eigenvalue weighted by atomic mass is 32.2. The van der Waals surface area contributed by atoms with Gasteiger partial charge in [-0.2, -0.15) is 0 Å². The lowest BCUT2D eigenvalue weighted by atomic mass is 10.1. The fourth-order valence-electron chi connectivity index (χ4n) is 3.19. The molecule has 0 aliphatic carbocycles. The molecule has 2 nitrogen and oxygen atoms in total. The Bertz CT molecular complexity index is 1020. The van der Waals surface area contributed by atoms with Crippen molar-refractivity contribution in [3.63, 3.8) is 0 Å². The Morgan fingerprint density at radius 2 is 1.52 bits per heavy atom. The first-order valence-electron chi connectivity index (χ1n) is 8.98. The van der Waals surface area contributed by atoms with E-state index < -0.39 is 0 Å². The molecule has 0 aliphatic rings. The second-order valence-corrected chi connectivity index (χ2v) is 9.94. The van der Waals surface area contributed by atoms with Crippen molar-refractivity contribution in [1.29, 1.82) is 0 Å². The fraction of sp³-hybridized carbons (Fsp3) is 0.400. The molecule has 5 heteroatoms. The van der Waals surface area contributed by atoms with Gasteiger partial charge in [-0.05, 0) is 25.5 Å². The second kappa shape index (κ2) is 7.60. The molecule has 0 bridgehead atoms. The molecule has 0 amide bonds. The highest BCUT2D eigenvalue weighted by Crippen LogP contribution is 2.38. The zero-order valence-electron chi connectivity index (χ0n) is 14.7. The number of rotatable bonds is 7. The van der Waals surface area contributed by atoms with Gasteiger partial charge in [0.2, 0.25) is 0 Å². The van der Waals surface area contributed by atoms with Crippen LogP contribution in [-0.4, -0.2) is 15.7 Å². The van der Waals surface area contributed by atoms with E-state index in [1.165, 1.54) is 62.4 Å². The van der Waals surface area contributed by atoms with Crippen molar-refractivity contribution >= 4 is 65.6 Å². The van der Waals surface area contributed by atoms with Crippen molar-refractivity contribution < 1.29 is 0 Å². The lowest BCUT2D eigenvalue weighted by molar-refractivity contribution is 0.659. The van der Waals surface area contributed by atoms with Gasteiger partial charge in [-0.25, -0.2) is 9.97 Å². The van der Waals surface area contributed by atoms with Crippen LogP contribution < -0.4 is 0 Å². The molecule has 130 valence electrons. The van der Waals surface area contributed by atoms with Crippen LogP contribution in [-0.2, 0) is 0 Å². The smallest absolute Gasteiger partial charge is 0.151 e. The number of aryl methyl sites for hydroxylation is 1. The van der Waals surface area contributed by atoms with E-state index >= 15 is 0 Å². The quantitative estimate of drug-likeness (QED) is 0.244. The summed E-state index contributed by atoms with van der Waals surface area (Å²) in [5, 5.41) is 3.77. The molecule has 0 unspecified atom stereocenters. The van der Waals surface area contributed by atoms with E-state index in [-0.39, 0.29) is 0 Å². The molecule has 2 heterocycles. The Kier molecular flexibility index (Phi) is 5.25. The Morgan fingerprint density at radius 3 is 2.28 bits per heavy atom. The zero-order valence-corrected chi connectivity index (χ0v) is 17.1. The number of nitrogens with zero attached hydrogens (tertiary/aromatic N) is 2. The molecule has 2 aromatic heterocycles. The van der Waals surface area contributed by atoms with Gasteiger partial charge in [0, 0.05) is 16.5 Å². The monoisotopic (exact) mass is 386 g/mol. The molecule has 0 saturated heterocycles. The number of aromatic nitrogens is 2. The van der Waals surface area contributed by atoms with Gasteiger partial charge in [0.05, 0.1) is 25.4 Å². The molecule has 0 radical (unpaired) electrons. The van der Waals surface area contributed by atoms with Crippen molar-refractivity contribution in [2.45, 2.75) is 50.3 Å². The lowest BCUT2D eigenvalue weighted by Crippen LogP contribution is -1.81. The maximum atomic E-state index is 4.85. The van der Waals surface area contributed by atoms with Gasteiger partial charge in [-0.15, -0.1) is 22.7 Å². The molecular weight excluding hydrogens is 364 g/mol. The summed E-state index contributed by atoms with van der Waals surface area (Å²) in [4.78, 5) is 9.47. The van der Waals surface area contributed by atoms with Gasteiger partial charge < -0.3 is 0 Å². The van der Waals surface area contributed by atoms with E-state index in [4.69, 9.17) is 4.98 Å². The fourth-order valence-corrected chi connectivity index (χ4v) is 6.39. The summed E-state index contributed by atoms with van der Waals surface area (Å²) in [6.45, 7) is 4.35. The third-order valence-electron chi connectivity index (χ3n) is 4.46. The molecule has 0 spiro atoms. The van der Waals surface area contributed by atoms with Gasteiger partial charge in [0.15, 0.2) is 4.34 Å². The van der Waals surface area contributed by atoms with Gasteiger partial charge in [-0.3, -0.25) is 0 Å².